The second kappa shape index (κ2) is 12.4. The molecule has 2 atom stereocenters. The molecule has 0 rings (SSSR count). The van der Waals surface area contributed by atoms with E-state index in [1.807, 2.05) is 13.8 Å². The second-order valence-corrected chi connectivity index (χ2v) is 4.89. The first-order valence-corrected chi connectivity index (χ1v) is 8.08. The van der Waals surface area contributed by atoms with E-state index in [2.05, 4.69) is 0 Å². The molecule has 0 aromatic heterocycles. The lowest BCUT2D eigenvalue weighted by Crippen LogP contribution is -2.37. The Morgan fingerprint density at radius 2 is 1.41 bits per heavy atom. The quantitative estimate of drug-likeness (QED) is 0.313. The largest absolute Gasteiger partial charge is 0.465 e. The molecule has 0 fully saturated rings. The Morgan fingerprint density at radius 3 is 1.82 bits per heavy atom. The molecule has 130 valence electrons. The zero-order chi connectivity index (χ0) is 17.0. The van der Waals surface area contributed by atoms with Crippen molar-refractivity contribution in [2.45, 2.75) is 53.8 Å². The molecule has 0 aliphatic rings. The third-order valence-corrected chi connectivity index (χ3v) is 3.16. The molecule has 6 nitrogen and oxygen atoms in total. The van der Waals surface area contributed by atoms with Gasteiger partial charge in [0.25, 0.3) is 0 Å². The molecule has 0 saturated heterocycles. The number of hydrogen-bond acceptors (Lipinski definition) is 6. The molecule has 0 aliphatic heterocycles. The van der Waals surface area contributed by atoms with Crippen LogP contribution in [0.5, 0.6) is 0 Å². The van der Waals surface area contributed by atoms with Crippen molar-refractivity contribution in [2.24, 2.45) is 11.8 Å². The van der Waals surface area contributed by atoms with Gasteiger partial charge >= 0.3 is 11.9 Å². The minimum Gasteiger partial charge on any atom is -0.465 e. The van der Waals surface area contributed by atoms with Crippen molar-refractivity contribution in [3.63, 3.8) is 0 Å². The first-order valence-electron chi connectivity index (χ1n) is 8.08. The standard InChI is InChI=1S/C16H30O6/c1-6-10-13(11-22-12(5)19-7-2)14(15(17)20-8-3)16(18)21-9-4/h12-14H,6-11H2,1-5H3. The predicted octanol–water partition coefficient (Wildman–Crippen LogP) is 2.54. The van der Waals surface area contributed by atoms with Crippen LogP contribution in [0.2, 0.25) is 0 Å². The van der Waals surface area contributed by atoms with Crippen LogP contribution in [-0.2, 0) is 28.5 Å². The lowest BCUT2D eigenvalue weighted by Gasteiger charge is -2.25. The molecule has 2 unspecified atom stereocenters. The Morgan fingerprint density at radius 1 is 0.864 bits per heavy atom. The van der Waals surface area contributed by atoms with E-state index in [-0.39, 0.29) is 32.0 Å². The van der Waals surface area contributed by atoms with Gasteiger partial charge in [-0.1, -0.05) is 13.3 Å². The summed E-state index contributed by atoms with van der Waals surface area (Å²) in [5.74, 6) is -2.33. The Balaban J connectivity index is 4.95. The minimum absolute atomic E-state index is 0.226. The van der Waals surface area contributed by atoms with Gasteiger partial charge in [0, 0.05) is 12.5 Å². The van der Waals surface area contributed by atoms with Gasteiger partial charge in [-0.25, -0.2) is 0 Å². The molecule has 0 aromatic carbocycles. The number of carbonyl (C=O) groups excluding carboxylic acids is 2. The van der Waals surface area contributed by atoms with E-state index in [0.29, 0.717) is 13.0 Å². The van der Waals surface area contributed by atoms with Crippen LogP contribution in [0.15, 0.2) is 0 Å². The van der Waals surface area contributed by atoms with Gasteiger partial charge in [-0.15, -0.1) is 0 Å². The van der Waals surface area contributed by atoms with E-state index < -0.39 is 17.9 Å². The molecule has 22 heavy (non-hydrogen) atoms. The molecule has 0 N–H and O–H groups in total. The normalized spacial score (nSPS) is 13.7. The Hall–Kier alpha value is -1.14. The molecule has 0 aromatic rings. The molecule has 6 heteroatoms. The Kier molecular flexibility index (Phi) is 11.8. The number of ether oxygens (including phenoxy) is 4. The maximum Gasteiger partial charge on any atom is 0.320 e. The zero-order valence-electron chi connectivity index (χ0n) is 14.4. The fourth-order valence-corrected chi connectivity index (χ4v) is 2.20. The third-order valence-electron chi connectivity index (χ3n) is 3.16. The second-order valence-electron chi connectivity index (χ2n) is 4.89. The maximum absolute atomic E-state index is 12.1. The van der Waals surface area contributed by atoms with Crippen LogP contribution in [0, 0.1) is 11.8 Å². The highest BCUT2D eigenvalue weighted by atomic mass is 16.7. The number of esters is 2. The van der Waals surface area contributed by atoms with E-state index in [1.54, 1.807) is 20.8 Å². The lowest BCUT2D eigenvalue weighted by molar-refractivity contribution is -0.172. The highest BCUT2D eigenvalue weighted by Gasteiger charge is 2.37. The van der Waals surface area contributed by atoms with E-state index in [4.69, 9.17) is 18.9 Å². The van der Waals surface area contributed by atoms with Gasteiger partial charge in [0.1, 0.15) is 0 Å². The van der Waals surface area contributed by atoms with Gasteiger partial charge in [-0.3, -0.25) is 9.59 Å². The predicted molar refractivity (Wildman–Crippen MR) is 82.2 cm³/mol. The molecule has 0 amide bonds. The van der Waals surface area contributed by atoms with Crippen LogP contribution in [0.25, 0.3) is 0 Å². The van der Waals surface area contributed by atoms with E-state index >= 15 is 0 Å². The molecule has 0 bridgehead atoms. The van der Waals surface area contributed by atoms with Gasteiger partial charge < -0.3 is 18.9 Å². The molecular formula is C16H30O6. The van der Waals surface area contributed by atoms with Gasteiger partial charge in [0.15, 0.2) is 12.2 Å². The molecule has 0 radical (unpaired) electrons. The summed E-state index contributed by atoms with van der Waals surface area (Å²) in [5.41, 5.74) is 0. The molecular weight excluding hydrogens is 288 g/mol. The van der Waals surface area contributed by atoms with Crippen molar-refractivity contribution >= 4 is 11.9 Å². The summed E-state index contributed by atoms with van der Waals surface area (Å²) in [7, 11) is 0. The third kappa shape index (κ3) is 7.75. The van der Waals surface area contributed by atoms with E-state index in [9.17, 15) is 9.59 Å². The lowest BCUT2D eigenvalue weighted by atomic mass is 9.89. The van der Waals surface area contributed by atoms with Crippen LogP contribution in [0.1, 0.15) is 47.5 Å². The summed E-state index contributed by atoms with van der Waals surface area (Å²) < 4.78 is 21.0. The highest BCUT2D eigenvalue weighted by Crippen LogP contribution is 2.22. The monoisotopic (exact) mass is 318 g/mol. The molecule has 0 aliphatic carbocycles. The number of hydrogen-bond donors (Lipinski definition) is 0. The fourth-order valence-electron chi connectivity index (χ4n) is 2.20. The topological polar surface area (TPSA) is 71.1 Å². The summed E-state index contributed by atoms with van der Waals surface area (Å²) in [5, 5.41) is 0. The summed E-state index contributed by atoms with van der Waals surface area (Å²) in [6, 6.07) is 0. The maximum atomic E-state index is 12.1. The van der Waals surface area contributed by atoms with Crippen molar-refractivity contribution in [2.75, 3.05) is 26.4 Å². The van der Waals surface area contributed by atoms with Gasteiger partial charge in [0.2, 0.25) is 0 Å². The highest BCUT2D eigenvalue weighted by molar-refractivity contribution is 5.95. The van der Waals surface area contributed by atoms with Crippen LogP contribution in [0.4, 0.5) is 0 Å². The SMILES string of the molecule is CCCC(COC(C)OCC)C(C(=O)OCC)C(=O)OCC. The van der Waals surface area contributed by atoms with E-state index in [0.717, 1.165) is 6.42 Å². The van der Waals surface area contributed by atoms with Crippen LogP contribution in [-0.4, -0.2) is 44.7 Å². The summed E-state index contributed by atoms with van der Waals surface area (Å²) >= 11 is 0. The van der Waals surface area contributed by atoms with Crippen molar-refractivity contribution in [3.8, 4) is 0 Å². The molecule has 0 saturated carbocycles. The first kappa shape index (κ1) is 20.9. The zero-order valence-corrected chi connectivity index (χ0v) is 14.4. The van der Waals surface area contributed by atoms with Crippen molar-refractivity contribution in [1.29, 1.82) is 0 Å². The van der Waals surface area contributed by atoms with Crippen LogP contribution >= 0.6 is 0 Å². The Labute approximate surface area is 133 Å². The Bertz CT molecular complexity index is 300. The van der Waals surface area contributed by atoms with Crippen LogP contribution < -0.4 is 0 Å². The van der Waals surface area contributed by atoms with Gasteiger partial charge in [0.05, 0.1) is 19.8 Å². The number of rotatable bonds is 12. The van der Waals surface area contributed by atoms with Crippen molar-refractivity contribution in [3.05, 3.63) is 0 Å². The minimum atomic E-state index is -0.950. The summed E-state index contributed by atoms with van der Waals surface area (Å²) in [6.45, 7) is 10.3. The smallest absolute Gasteiger partial charge is 0.320 e. The van der Waals surface area contributed by atoms with Gasteiger partial charge in [-0.05, 0) is 34.1 Å². The number of carbonyl (C=O) groups is 2. The van der Waals surface area contributed by atoms with Gasteiger partial charge in [-0.2, -0.15) is 0 Å². The van der Waals surface area contributed by atoms with Crippen molar-refractivity contribution < 1.29 is 28.5 Å². The summed E-state index contributed by atoms with van der Waals surface area (Å²) in [6.07, 6.45) is 1.11. The molecule has 0 heterocycles. The average molecular weight is 318 g/mol. The fraction of sp³-hybridized carbons (Fsp3) is 0.875. The van der Waals surface area contributed by atoms with E-state index in [1.165, 1.54) is 0 Å². The molecule has 0 spiro atoms. The van der Waals surface area contributed by atoms with Crippen LogP contribution in [0.3, 0.4) is 0 Å². The average Bonchev–Trinajstić information content (AvgIpc) is 2.46. The first-order chi connectivity index (χ1) is 10.5. The summed E-state index contributed by atoms with van der Waals surface area (Å²) in [4.78, 5) is 24.3. The van der Waals surface area contributed by atoms with Crippen molar-refractivity contribution in [1.82, 2.24) is 0 Å².